The van der Waals surface area contributed by atoms with Crippen LogP contribution in [0.2, 0.25) is 0 Å². The zero-order chi connectivity index (χ0) is 15.7. The fraction of sp³-hybridized carbons (Fsp3) is 0.600. The molecule has 10 heteroatoms. The van der Waals surface area contributed by atoms with Gasteiger partial charge in [-0.25, -0.2) is 9.59 Å². The van der Waals surface area contributed by atoms with E-state index in [2.05, 4.69) is 10.6 Å². The van der Waals surface area contributed by atoms with Gasteiger partial charge in [0.15, 0.2) is 0 Å². The first-order chi connectivity index (χ1) is 9.27. The molecule has 0 bridgehead atoms. The number of urea groups is 1. The number of carboxylic acid groups (broad SMARTS) is 2. The summed E-state index contributed by atoms with van der Waals surface area (Å²) in [4.78, 5) is 44.0. The summed E-state index contributed by atoms with van der Waals surface area (Å²) in [6.07, 6.45) is 1.28. The minimum absolute atomic E-state index is 0.245. The molecule has 0 radical (unpaired) electrons. The van der Waals surface area contributed by atoms with Crippen LogP contribution in [0, 0.1) is 0 Å². The van der Waals surface area contributed by atoms with Crippen molar-refractivity contribution in [2.75, 3.05) is 12.0 Å². The van der Waals surface area contributed by atoms with Gasteiger partial charge in [0.05, 0.1) is 6.42 Å². The highest BCUT2D eigenvalue weighted by atomic mass is 32.2. The summed E-state index contributed by atoms with van der Waals surface area (Å²) in [5.41, 5.74) is 4.93. The molecule has 0 rings (SSSR count). The van der Waals surface area contributed by atoms with Crippen LogP contribution in [0.5, 0.6) is 0 Å². The first kappa shape index (κ1) is 18.0. The molecule has 6 N–H and O–H groups in total. The predicted octanol–water partition coefficient (Wildman–Crippen LogP) is -1.18. The summed E-state index contributed by atoms with van der Waals surface area (Å²) in [5, 5.41) is 21.6. The van der Waals surface area contributed by atoms with E-state index >= 15 is 0 Å². The SMILES string of the molecule is CSCCC(NC(N)=O)C(=O)N[C@@H](CC(=O)O)C(=O)O. The Morgan fingerprint density at radius 2 is 1.75 bits per heavy atom. The molecule has 0 aromatic rings. The third kappa shape index (κ3) is 7.46. The molecule has 114 valence electrons. The Labute approximate surface area is 119 Å². The van der Waals surface area contributed by atoms with Gasteiger partial charge in [0.2, 0.25) is 5.91 Å². The molecule has 9 nitrogen and oxygen atoms in total. The van der Waals surface area contributed by atoms with Gasteiger partial charge < -0.3 is 26.6 Å². The minimum atomic E-state index is -1.56. The van der Waals surface area contributed by atoms with Crippen molar-refractivity contribution in [3.63, 3.8) is 0 Å². The van der Waals surface area contributed by atoms with Gasteiger partial charge >= 0.3 is 18.0 Å². The van der Waals surface area contributed by atoms with E-state index < -0.39 is 42.4 Å². The van der Waals surface area contributed by atoms with Crippen molar-refractivity contribution >= 4 is 35.6 Å². The van der Waals surface area contributed by atoms with Gasteiger partial charge in [-0.3, -0.25) is 9.59 Å². The van der Waals surface area contributed by atoms with Gasteiger partial charge in [0.25, 0.3) is 0 Å². The van der Waals surface area contributed by atoms with Crippen LogP contribution < -0.4 is 16.4 Å². The quantitative estimate of drug-likeness (QED) is 0.358. The fourth-order valence-corrected chi connectivity index (χ4v) is 1.79. The van der Waals surface area contributed by atoms with Crippen molar-refractivity contribution in [1.29, 1.82) is 0 Å². The molecule has 0 spiro atoms. The Balaban J connectivity index is 4.72. The van der Waals surface area contributed by atoms with Crippen molar-refractivity contribution in [3.05, 3.63) is 0 Å². The first-order valence-electron chi connectivity index (χ1n) is 5.57. The van der Waals surface area contributed by atoms with Crippen LogP contribution in [0.25, 0.3) is 0 Å². The van der Waals surface area contributed by atoms with Crippen LogP contribution in [0.15, 0.2) is 0 Å². The van der Waals surface area contributed by atoms with Gasteiger partial charge in [-0.15, -0.1) is 0 Å². The minimum Gasteiger partial charge on any atom is -0.481 e. The summed E-state index contributed by atoms with van der Waals surface area (Å²) >= 11 is 1.43. The number of thioether (sulfide) groups is 1. The molecular weight excluding hydrogens is 290 g/mol. The Morgan fingerprint density at radius 3 is 2.15 bits per heavy atom. The lowest BCUT2D eigenvalue weighted by atomic mass is 10.1. The summed E-state index contributed by atoms with van der Waals surface area (Å²) in [7, 11) is 0. The molecule has 0 aliphatic carbocycles. The largest absolute Gasteiger partial charge is 0.481 e. The van der Waals surface area contributed by atoms with Gasteiger partial charge in [-0.2, -0.15) is 11.8 Å². The molecule has 0 aromatic heterocycles. The summed E-state index contributed by atoms with van der Waals surface area (Å²) < 4.78 is 0. The first-order valence-corrected chi connectivity index (χ1v) is 6.97. The molecule has 0 aromatic carbocycles. The Kier molecular flexibility index (Phi) is 8.13. The summed E-state index contributed by atoms with van der Waals surface area (Å²) in [6.45, 7) is 0. The molecule has 0 saturated heterocycles. The maximum atomic E-state index is 11.8. The molecular formula is C10H17N3O6S. The van der Waals surface area contributed by atoms with Gasteiger partial charge in [0, 0.05) is 0 Å². The number of hydrogen-bond donors (Lipinski definition) is 5. The number of nitrogens with two attached hydrogens (primary N) is 1. The Hall–Kier alpha value is -1.97. The lowest BCUT2D eigenvalue weighted by Crippen LogP contribution is -2.53. The molecule has 0 saturated carbocycles. The van der Waals surface area contributed by atoms with E-state index in [-0.39, 0.29) is 6.42 Å². The number of aliphatic carboxylic acids is 2. The second-order valence-corrected chi connectivity index (χ2v) is 4.83. The highest BCUT2D eigenvalue weighted by molar-refractivity contribution is 7.98. The normalized spacial score (nSPS) is 13.1. The Bertz CT molecular complexity index is 389. The van der Waals surface area contributed by atoms with Gasteiger partial charge in [-0.05, 0) is 18.4 Å². The predicted molar refractivity (Wildman–Crippen MR) is 71.3 cm³/mol. The number of primary amides is 1. The van der Waals surface area contributed by atoms with E-state index in [1.807, 2.05) is 0 Å². The van der Waals surface area contributed by atoms with E-state index in [1.54, 1.807) is 6.26 Å². The molecule has 2 atom stereocenters. The van der Waals surface area contributed by atoms with Crippen LogP contribution in [-0.2, 0) is 14.4 Å². The standard InChI is InChI=1S/C10H17N3O6S/c1-20-3-2-5(13-10(11)19)8(16)12-6(9(17)18)4-7(14)15/h5-6H,2-4H2,1H3,(H,12,16)(H,14,15)(H,17,18)(H3,11,13,19)/t5?,6-/m0/s1. The van der Waals surface area contributed by atoms with Crippen LogP contribution in [0.4, 0.5) is 4.79 Å². The highest BCUT2D eigenvalue weighted by Gasteiger charge is 2.27. The smallest absolute Gasteiger partial charge is 0.326 e. The van der Waals surface area contributed by atoms with Crippen molar-refractivity contribution in [2.24, 2.45) is 5.73 Å². The molecule has 3 amide bonds. The van der Waals surface area contributed by atoms with Gasteiger partial charge in [0.1, 0.15) is 12.1 Å². The second-order valence-electron chi connectivity index (χ2n) is 3.84. The number of carboxylic acids is 2. The van der Waals surface area contributed by atoms with Crippen molar-refractivity contribution < 1.29 is 29.4 Å². The average Bonchev–Trinajstić information content (AvgIpc) is 2.32. The summed E-state index contributed by atoms with van der Waals surface area (Å²) in [6, 6.07) is -3.49. The molecule has 0 aliphatic rings. The number of amides is 3. The average molecular weight is 307 g/mol. The lowest BCUT2D eigenvalue weighted by molar-refractivity contribution is -0.147. The number of carbonyl (C=O) groups excluding carboxylic acids is 2. The van der Waals surface area contributed by atoms with E-state index in [0.717, 1.165) is 0 Å². The highest BCUT2D eigenvalue weighted by Crippen LogP contribution is 2.02. The van der Waals surface area contributed by atoms with Crippen LogP contribution in [-0.4, -0.2) is 58.2 Å². The van der Waals surface area contributed by atoms with E-state index in [9.17, 15) is 19.2 Å². The molecule has 20 heavy (non-hydrogen) atoms. The number of carbonyl (C=O) groups is 4. The molecule has 1 unspecified atom stereocenters. The van der Waals surface area contributed by atoms with Crippen molar-refractivity contribution in [1.82, 2.24) is 10.6 Å². The van der Waals surface area contributed by atoms with E-state index in [4.69, 9.17) is 15.9 Å². The monoisotopic (exact) mass is 307 g/mol. The van der Waals surface area contributed by atoms with Crippen molar-refractivity contribution in [2.45, 2.75) is 24.9 Å². The number of nitrogens with one attached hydrogen (secondary N) is 2. The zero-order valence-corrected chi connectivity index (χ0v) is 11.6. The number of rotatable bonds is 9. The Morgan fingerprint density at radius 1 is 1.15 bits per heavy atom. The van der Waals surface area contributed by atoms with Gasteiger partial charge in [-0.1, -0.05) is 0 Å². The van der Waals surface area contributed by atoms with Crippen LogP contribution in [0.3, 0.4) is 0 Å². The second kappa shape index (κ2) is 9.02. The maximum absolute atomic E-state index is 11.8. The zero-order valence-electron chi connectivity index (χ0n) is 10.8. The fourth-order valence-electron chi connectivity index (χ4n) is 1.32. The summed E-state index contributed by atoms with van der Waals surface area (Å²) in [5.74, 6) is -3.08. The number of hydrogen-bond acceptors (Lipinski definition) is 5. The van der Waals surface area contributed by atoms with Crippen LogP contribution in [0.1, 0.15) is 12.8 Å². The molecule has 0 heterocycles. The molecule has 0 fully saturated rings. The third-order valence-electron chi connectivity index (χ3n) is 2.24. The van der Waals surface area contributed by atoms with E-state index in [1.165, 1.54) is 11.8 Å². The molecule has 0 aliphatic heterocycles. The topological polar surface area (TPSA) is 159 Å². The third-order valence-corrected chi connectivity index (χ3v) is 2.88. The lowest BCUT2D eigenvalue weighted by Gasteiger charge is -2.19. The van der Waals surface area contributed by atoms with Crippen molar-refractivity contribution in [3.8, 4) is 0 Å². The van der Waals surface area contributed by atoms with E-state index in [0.29, 0.717) is 5.75 Å². The maximum Gasteiger partial charge on any atom is 0.326 e. The van der Waals surface area contributed by atoms with Crippen LogP contribution >= 0.6 is 11.8 Å².